The van der Waals surface area contributed by atoms with Crippen molar-refractivity contribution in [2.45, 2.75) is 32.6 Å². The lowest BCUT2D eigenvalue weighted by molar-refractivity contribution is 0.0746. The van der Waals surface area contributed by atoms with Crippen LogP contribution in [0.3, 0.4) is 0 Å². The number of rotatable bonds is 3. The van der Waals surface area contributed by atoms with Gasteiger partial charge in [0.15, 0.2) is 0 Å². The Morgan fingerprint density at radius 2 is 1.71 bits per heavy atom. The molecule has 0 saturated carbocycles. The Kier molecular flexibility index (Phi) is 5.57. The molecule has 2 aliphatic heterocycles. The largest absolute Gasteiger partial charge is 0.337 e. The normalized spacial score (nSPS) is 20.3. The molecule has 2 aliphatic rings. The molecule has 3 heterocycles. The van der Waals surface area contributed by atoms with Gasteiger partial charge >= 0.3 is 0 Å². The second-order valence-electron chi connectivity index (χ2n) is 7.90. The highest BCUT2D eigenvalue weighted by Crippen LogP contribution is 2.24. The second kappa shape index (κ2) is 8.27. The molecule has 28 heavy (non-hydrogen) atoms. The lowest BCUT2D eigenvalue weighted by Gasteiger charge is -2.35. The van der Waals surface area contributed by atoms with Gasteiger partial charge in [-0.25, -0.2) is 9.97 Å². The highest BCUT2D eigenvalue weighted by Gasteiger charge is 2.24. The number of carbonyl (C=O) groups is 1. The number of amides is 1. The first-order chi connectivity index (χ1) is 13.6. The first-order valence-corrected chi connectivity index (χ1v) is 10.3. The first-order valence-electron chi connectivity index (χ1n) is 10.3. The zero-order valence-electron chi connectivity index (χ0n) is 16.8. The average molecular weight is 380 g/mol. The van der Waals surface area contributed by atoms with E-state index >= 15 is 0 Å². The molecule has 2 aromatic rings. The SMILES string of the molecule is Cc1cc(C)nc(N2CCN(C(=O)c3ccc([C@@H]4CCCNC4)cc3)CC2)n1. The van der Waals surface area contributed by atoms with Gasteiger partial charge < -0.3 is 15.1 Å². The van der Waals surface area contributed by atoms with Crippen LogP contribution in [0.1, 0.15) is 46.1 Å². The molecule has 2 fully saturated rings. The highest BCUT2D eigenvalue weighted by molar-refractivity contribution is 5.94. The summed E-state index contributed by atoms with van der Waals surface area (Å²) in [6.45, 7) is 9.06. The van der Waals surface area contributed by atoms with Gasteiger partial charge in [-0.05, 0) is 62.9 Å². The Morgan fingerprint density at radius 1 is 1.04 bits per heavy atom. The molecular weight excluding hydrogens is 350 g/mol. The molecule has 6 nitrogen and oxygen atoms in total. The standard InChI is InChI=1S/C22H29N5O/c1-16-14-17(2)25-22(24-16)27-12-10-26(11-13-27)21(28)19-7-5-18(6-8-19)20-4-3-9-23-15-20/h5-8,14,20,23H,3-4,9-13,15H2,1-2H3/t20-/m1/s1. The van der Waals surface area contributed by atoms with Crippen LogP contribution in [0.25, 0.3) is 0 Å². The molecule has 1 aromatic heterocycles. The summed E-state index contributed by atoms with van der Waals surface area (Å²) < 4.78 is 0. The molecule has 148 valence electrons. The van der Waals surface area contributed by atoms with E-state index in [1.165, 1.54) is 18.4 Å². The second-order valence-corrected chi connectivity index (χ2v) is 7.90. The first kappa shape index (κ1) is 18.9. The van der Waals surface area contributed by atoms with Crippen molar-refractivity contribution in [3.8, 4) is 0 Å². The minimum Gasteiger partial charge on any atom is -0.337 e. The number of anilines is 1. The van der Waals surface area contributed by atoms with Crippen molar-refractivity contribution < 1.29 is 4.79 Å². The number of aromatic nitrogens is 2. The number of carbonyl (C=O) groups excluding carboxylic acids is 1. The van der Waals surface area contributed by atoms with Crippen LogP contribution in [-0.2, 0) is 0 Å². The Balaban J connectivity index is 1.37. The number of hydrogen-bond acceptors (Lipinski definition) is 5. The van der Waals surface area contributed by atoms with Gasteiger partial charge in [0.25, 0.3) is 5.91 Å². The molecular formula is C22H29N5O. The average Bonchev–Trinajstić information content (AvgIpc) is 2.73. The van der Waals surface area contributed by atoms with Gasteiger partial charge in [-0.1, -0.05) is 12.1 Å². The summed E-state index contributed by atoms with van der Waals surface area (Å²) in [6, 6.07) is 10.2. The fourth-order valence-electron chi connectivity index (χ4n) is 4.18. The maximum Gasteiger partial charge on any atom is 0.253 e. The van der Waals surface area contributed by atoms with E-state index in [0.29, 0.717) is 19.0 Å². The van der Waals surface area contributed by atoms with Crippen LogP contribution in [0.4, 0.5) is 5.95 Å². The van der Waals surface area contributed by atoms with E-state index < -0.39 is 0 Å². The van der Waals surface area contributed by atoms with Gasteiger partial charge in [-0.15, -0.1) is 0 Å². The van der Waals surface area contributed by atoms with Gasteiger partial charge in [0.05, 0.1) is 0 Å². The zero-order chi connectivity index (χ0) is 19.5. The fraction of sp³-hybridized carbons (Fsp3) is 0.500. The van der Waals surface area contributed by atoms with Crippen LogP contribution in [0, 0.1) is 13.8 Å². The number of nitrogens with one attached hydrogen (secondary N) is 1. The van der Waals surface area contributed by atoms with Crippen molar-refractivity contribution >= 4 is 11.9 Å². The maximum atomic E-state index is 12.9. The fourth-order valence-corrected chi connectivity index (χ4v) is 4.18. The van der Waals surface area contributed by atoms with Crippen LogP contribution >= 0.6 is 0 Å². The maximum absolute atomic E-state index is 12.9. The van der Waals surface area contributed by atoms with E-state index in [2.05, 4.69) is 32.3 Å². The number of aryl methyl sites for hydroxylation is 2. The summed E-state index contributed by atoms with van der Waals surface area (Å²) in [5, 5.41) is 3.46. The van der Waals surface area contributed by atoms with Crippen LogP contribution in [-0.4, -0.2) is 60.0 Å². The smallest absolute Gasteiger partial charge is 0.253 e. The predicted molar refractivity (Wildman–Crippen MR) is 111 cm³/mol. The van der Waals surface area contributed by atoms with Crippen molar-refractivity contribution in [1.29, 1.82) is 0 Å². The summed E-state index contributed by atoms with van der Waals surface area (Å²) in [4.78, 5) is 26.1. The summed E-state index contributed by atoms with van der Waals surface area (Å²) in [5.41, 5.74) is 4.08. The Labute approximate surface area is 167 Å². The van der Waals surface area contributed by atoms with Crippen molar-refractivity contribution in [3.63, 3.8) is 0 Å². The number of nitrogens with zero attached hydrogens (tertiary/aromatic N) is 4. The van der Waals surface area contributed by atoms with Gasteiger partial charge in [0, 0.05) is 49.7 Å². The lowest BCUT2D eigenvalue weighted by Crippen LogP contribution is -2.49. The van der Waals surface area contributed by atoms with Crippen molar-refractivity contribution in [3.05, 3.63) is 52.8 Å². The van der Waals surface area contributed by atoms with Gasteiger partial charge in [-0.3, -0.25) is 4.79 Å². The zero-order valence-corrected chi connectivity index (χ0v) is 16.8. The Hall–Kier alpha value is -2.47. The molecule has 1 aromatic carbocycles. The molecule has 0 radical (unpaired) electrons. The van der Waals surface area contributed by atoms with E-state index in [-0.39, 0.29) is 5.91 Å². The third-order valence-corrected chi connectivity index (χ3v) is 5.75. The van der Waals surface area contributed by atoms with Crippen LogP contribution in [0.15, 0.2) is 30.3 Å². The van der Waals surface area contributed by atoms with Gasteiger partial charge in [0.2, 0.25) is 5.95 Å². The molecule has 0 bridgehead atoms. The number of hydrogen-bond donors (Lipinski definition) is 1. The van der Waals surface area contributed by atoms with E-state index in [0.717, 1.165) is 49.1 Å². The lowest BCUT2D eigenvalue weighted by atomic mass is 9.91. The number of piperidine rings is 1. The van der Waals surface area contributed by atoms with E-state index in [4.69, 9.17) is 0 Å². The molecule has 1 amide bonds. The molecule has 0 unspecified atom stereocenters. The van der Waals surface area contributed by atoms with Crippen LogP contribution in [0.2, 0.25) is 0 Å². The Bertz CT molecular complexity index is 801. The van der Waals surface area contributed by atoms with E-state index in [9.17, 15) is 4.79 Å². The monoisotopic (exact) mass is 379 g/mol. The summed E-state index contributed by atoms with van der Waals surface area (Å²) in [5.74, 6) is 1.46. The molecule has 1 atom stereocenters. The quantitative estimate of drug-likeness (QED) is 0.888. The Morgan fingerprint density at radius 3 is 2.32 bits per heavy atom. The van der Waals surface area contributed by atoms with Crippen LogP contribution < -0.4 is 10.2 Å². The number of piperazine rings is 1. The third-order valence-electron chi connectivity index (χ3n) is 5.75. The molecule has 0 aliphatic carbocycles. The van der Waals surface area contributed by atoms with Crippen LogP contribution in [0.5, 0.6) is 0 Å². The van der Waals surface area contributed by atoms with Crippen molar-refractivity contribution in [1.82, 2.24) is 20.2 Å². The van der Waals surface area contributed by atoms with Crippen molar-refractivity contribution in [2.24, 2.45) is 0 Å². The summed E-state index contributed by atoms with van der Waals surface area (Å²) >= 11 is 0. The van der Waals surface area contributed by atoms with Gasteiger partial charge in [0.1, 0.15) is 0 Å². The highest BCUT2D eigenvalue weighted by atomic mass is 16.2. The molecule has 6 heteroatoms. The molecule has 0 spiro atoms. The summed E-state index contributed by atoms with van der Waals surface area (Å²) in [6.07, 6.45) is 2.45. The van der Waals surface area contributed by atoms with E-state index in [1.54, 1.807) is 0 Å². The van der Waals surface area contributed by atoms with Gasteiger partial charge in [-0.2, -0.15) is 0 Å². The third kappa shape index (κ3) is 4.17. The van der Waals surface area contributed by atoms with Crippen molar-refractivity contribution in [2.75, 3.05) is 44.2 Å². The summed E-state index contributed by atoms with van der Waals surface area (Å²) in [7, 11) is 0. The molecule has 4 rings (SSSR count). The molecule has 1 N–H and O–H groups in total. The minimum atomic E-state index is 0.120. The topological polar surface area (TPSA) is 61.4 Å². The van der Waals surface area contributed by atoms with E-state index in [1.807, 2.05) is 36.9 Å². The predicted octanol–water partition coefficient (Wildman–Crippen LogP) is 2.52. The number of benzene rings is 1. The molecule has 2 saturated heterocycles. The minimum absolute atomic E-state index is 0.120.